The predicted molar refractivity (Wildman–Crippen MR) is 73.4 cm³/mol. The number of hydrogen-bond donors (Lipinski definition) is 1. The van der Waals surface area contributed by atoms with E-state index in [2.05, 4.69) is 31.0 Å². The molecule has 0 aromatic carbocycles. The lowest BCUT2D eigenvalue weighted by atomic mass is 10.0. The van der Waals surface area contributed by atoms with Gasteiger partial charge in [-0.15, -0.1) is 0 Å². The lowest BCUT2D eigenvalue weighted by molar-refractivity contribution is 0.0335. The summed E-state index contributed by atoms with van der Waals surface area (Å²) >= 11 is 0. The Hall–Kier alpha value is -0.120. The van der Waals surface area contributed by atoms with Crippen LogP contribution in [0.25, 0.3) is 0 Å². The Morgan fingerprint density at radius 2 is 2.12 bits per heavy atom. The van der Waals surface area contributed by atoms with Crippen LogP contribution >= 0.6 is 0 Å². The molecule has 1 aliphatic rings. The lowest BCUT2D eigenvalue weighted by Gasteiger charge is -2.43. The summed E-state index contributed by atoms with van der Waals surface area (Å²) in [4.78, 5) is 2.66. The molecule has 1 heterocycles. The highest BCUT2D eigenvalue weighted by Crippen LogP contribution is 2.17. The molecule has 0 aromatic rings. The zero-order chi connectivity index (χ0) is 12.7. The number of piperazine rings is 1. The van der Waals surface area contributed by atoms with Gasteiger partial charge in [-0.05, 0) is 19.8 Å². The number of nitrogens with zero attached hydrogens (tertiary/aromatic N) is 1. The summed E-state index contributed by atoms with van der Waals surface area (Å²) in [7, 11) is 1.82. The first kappa shape index (κ1) is 14.9. The fraction of sp³-hybridized carbons (Fsp3) is 1.00. The molecule has 3 unspecified atom stereocenters. The number of hydrogen-bond acceptors (Lipinski definition) is 3. The van der Waals surface area contributed by atoms with Crippen LogP contribution in [-0.2, 0) is 4.74 Å². The SMILES string of the molecule is CCCC1CN(C(CCC)COC)C(C)CN1. The van der Waals surface area contributed by atoms with E-state index in [1.165, 1.54) is 32.2 Å². The molecule has 102 valence electrons. The highest BCUT2D eigenvalue weighted by atomic mass is 16.5. The Morgan fingerprint density at radius 1 is 1.35 bits per heavy atom. The smallest absolute Gasteiger partial charge is 0.0618 e. The fourth-order valence-corrected chi connectivity index (χ4v) is 2.87. The van der Waals surface area contributed by atoms with Crippen molar-refractivity contribution in [3.8, 4) is 0 Å². The molecule has 0 spiro atoms. The van der Waals surface area contributed by atoms with E-state index in [1.807, 2.05) is 7.11 Å². The zero-order valence-electron chi connectivity index (χ0n) is 12.0. The van der Waals surface area contributed by atoms with Gasteiger partial charge in [-0.1, -0.05) is 26.7 Å². The predicted octanol–water partition coefficient (Wildman–Crippen LogP) is 2.26. The maximum absolute atomic E-state index is 5.39. The lowest BCUT2D eigenvalue weighted by Crippen LogP contribution is -2.59. The minimum Gasteiger partial charge on any atom is -0.383 e. The molecule has 3 heteroatoms. The Bertz CT molecular complexity index is 193. The molecule has 0 amide bonds. The first-order valence-electron chi connectivity index (χ1n) is 7.20. The number of ether oxygens (including phenoxy) is 1. The van der Waals surface area contributed by atoms with Gasteiger partial charge in [0.1, 0.15) is 0 Å². The molecule has 1 aliphatic heterocycles. The molecule has 1 fully saturated rings. The number of methoxy groups -OCH3 is 1. The van der Waals surface area contributed by atoms with Crippen LogP contribution in [0.5, 0.6) is 0 Å². The molecule has 0 aliphatic carbocycles. The fourth-order valence-electron chi connectivity index (χ4n) is 2.87. The second-order valence-electron chi connectivity index (χ2n) is 5.34. The van der Waals surface area contributed by atoms with Crippen molar-refractivity contribution < 1.29 is 4.74 Å². The van der Waals surface area contributed by atoms with Gasteiger partial charge >= 0.3 is 0 Å². The van der Waals surface area contributed by atoms with Crippen molar-refractivity contribution in [3.05, 3.63) is 0 Å². The highest BCUT2D eigenvalue weighted by Gasteiger charge is 2.29. The summed E-state index contributed by atoms with van der Waals surface area (Å²) in [6, 6.07) is 1.91. The number of rotatable bonds is 7. The van der Waals surface area contributed by atoms with E-state index in [1.54, 1.807) is 0 Å². The molecule has 0 aromatic heterocycles. The van der Waals surface area contributed by atoms with Crippen LogP contribution < -0.4 is 5.32 Å². The standard InChI is InChI=1S/C14H30N2O/c1-5-7-13-10-16(12(3)9-15-13)14(8-6-2)11-17-4/h12-15H,5-11H2,1-4H3. The molecule has 0 saturated carbocycles. The van der Waals surface area contributed by atoms with Crippen molar-refractivity contribution >= 4 is 0 Å². The van der Waals surface area contributed by atoms with Crippen LogP contribution in [0, 0.1) is 0 Å². The van der Waals surface area contributed by atoms with Crippen molar-refractivity contribution in [2.24, 2.45) is 0 Å². The summed E-state index contributed by atoms with van der Waals surface area (Å²) in [5.41, 5.74) is 0. The Kier molecular flexibility index (Phi) is 7.09. The zero-order valence-corrected chi connectivity index (χ0v) is 12.0. The van der Waals surface area contributed by atoms with E-state index < -0.39 is 0 Å². The molecule has 1 saturated heterocycles. The maximum Gasteiger partial charge on any atom is 0.0618 e. The van der Waals surface area contributed by atoms with Gasteiger partial charge in [-0.2, -0.15) is 0 Å². The van der Waals surface area contributed by atoms with Gasteiger partial charge < -0.3 is 10.1 Å². The summed E-state index contributed by atoms with van der Waals surface area (Å²) in [5, 5.41) is 3.66. The van der Waals surface area contributed by atoms with Crippen molar-refractivity contribution in [1.29, 1.82) is 0 Å². The van der Waals surface area contributed by atoms with Crippen LogP contribution in [0.2, 0.25) is 0 Å². The van der Waals surface area contributed by atoms with Crippen LogP contribution in [0.4, 0.5) is 0 Å². The van der Waals surface area contributed by atoms with Crippen LogP contribution in [0.1, 0.15) is 46.5 Å². The first-order chi connectivity index (χ1) is 8.22. The van der Waals surface area contributed by atoms with Crippen molar-refractivity contribution in [1.82, 2.24) is 10.2 Å². The van der Waals surface area contributed by atoms with Gasteiger partial charge in [0, 0.05) is 38.3 Å². The minimum atomic E-state index is 0.599. The van der Waals surface area contributed by atoms with Crippen LogP contribution in [-0.4, -0.2) is 49.8 Å². The average Bonchev–Trinajstić information content (AvgIpc) is 2.32. The second-order valence-corrected chi connectivity index (χ2v) is 5.34. The quantitative estimate of drug-likeness (QED) is 0.741. The third-order valence-corrected chi connectivity index (χ3v) is 3.79. The molecule has 0 bridgehead atoms. The van der Waals surface area contributed by atoms with E-state index in [9.17, 15) is 0 Å². The molecule has 3 nitrogen and oxygen atoms in total. The third kappa shape index (κ3) is 4.57. The Morgan fingerprint density at radius 3 is 2.71 bits per heavy atom. The topological polar surface area (TPSA) is 24.5 Å². The van der Waals surface area contributed by atoms with Crippen LogP contribution in [0.15, 0.2) is 0 Å². The van der Waals surface area contributed by atoms with Gasteiger partial charge in [-0.25, -0.2) is 0 Å². The Labute approximate surface area is 107 Å². The van der Waals surface area contributed by atoms with E-state index >= 15 is 0 Å². The molecular weight excluding hydrogens is 212 g/mol. The molecule has 0 radical (unpaired) electrons. The summed E-state index contributed by atoms with van der Waals surface area (Å²) in [5.74, 6) is 0. The molecule has 3 atom stereocenters. The van der Waals surface area contributed by atoms with Crippen LogP contribution in [0.3, 0.4) is 0 Å². The highest BCUT2D eigenvalue weighted by molar-refractivity contribution is 4.87. The Balaban J connectivity index is 2.55. The third-order valence-electron chi connectivity index (χ3n) is 3.79. The monoisotopic (exact) mass is 242 g/mol. The normalized spacial score (nSPS) is 28.2. The van der Waals surface area contributed by atoms with Crippen molar-refractivity contribution in [2.75, 3.05) is 26.8 Å². The van der Waals surface area contributed by atoms with Gasteiger partial charge in [0.2, 0.25) is 0 Å². The van der Waals surface area contributed by atoms with Gasteiger partial charge in [0.05, 0.1) is 6.61 Å². The minimum absolute atomic E-state index is 0.599. The van der Waals surface area contributed by atoms with E-state index in [0.29, 0.717) is 18.1 Å². The maximum atomic E-state index is 5.39. The van der Waals surface area contributed by atoms with Crippen molar-refractivity contribution in [2.45, 2.75) is 64.6 Å². The first-order valence-corrected chi connectivity index (χ1v) is 7.20. The second kappa shape index (κ2) is 8.06. The average molecular weight is 242 g/mol. The molecule has 17 heavy (non-hydrogen) atoms. The molecule has 1 N–H and O–H groups in total. The molecular formula is C14H30N2O. The van der Waals surface area contributed by atoms with E-state index in [0.717, 1.165) is 13.2 Å². The summed E-state index contributed by atoms with van der Waals surface area (Å²) in [6.45, 7) is 10.0. The number of nitrogens with one attached hydrogen (secondary N) is 1. The summed E-state index contributed by atoms with van der Waals surface area (Å²) in [6.07, 6.45) is 5.04. The molecule has 1 rings (SSSR count). The largest absolute Gasteiger partial charge is 0.383 e. The van der Waals surface area contributed by atoms with E-state index in [-0.39, 0.29) is 0 Å². The van der Waals surface area contributed by atoms with Gasteiger partial charge in [0.25, 0.3) is 0 Å². The van der Waals surface area contributed by atoms with Gasteiger partial charge in [0.15, 0.2) is 0 Å². The van der Waals surface area contributed by atoms with E-state index in [4.69, 9.17) is 4.74 Å². The van der Waals surface area contributed by atoms with Gasteiger partial charge in [-0.3, -0.25) is 4.90 Å². The van der Waals surface area contributed by atoms with Crippen molar-refractivity contribution in [3.63, 3.8) is 0 Å². The summed E-state index contributed by atoms with van der Waals surface area (Å²) < 4.78 is 5.39.